The van der Waals surface area contributed by atoms with Crippen molar-refractivity contribution in [2.45, 2.75) is 13.8 Å². The van der Waals surface area contributed by atoms with Crippen molar-refractivity contribution < 1.29 is 19.6 Å². The van der Waals surface area contributed by atoms with Crippen LogP contribution < -0.4 is 20.2 Å². The van der Waals surface area contributed by atoms with E-state index in [2.05, 4.69) is 29.3 Å². The molecule has 9 nitrogen and oxygen atoms in total. The van der Waals surface area contributed by atoms with Gasteiger partial charge in [-0.1, -0.05) is 0 Å². The van der Waals surface area contributed by atoms with E-state index < -0.39 is 22.3 Å². The van der Waals surface area contributed by atoms with Gasteiger partial charge in [0.2, 0.25) is 0 Å². The fraction of sp³-hybridized carbons (Fsp3) is 0.263. The smallest absolute Gasteiger partial charge is 0.271 e. The second-order valence-corrected chi connectivity index (χ2v) is 5.75. The topological polar surface area (TPSA) is 120 Å². The summed E-state index contributed by atoms with van der Waals surface area (Å²) in [5.74, 6) is -1.42. The van der Waals surface area contributed by atoms with Crippen molar-refractivity contribution in [3.63, 3.8) is 0 Å². The highest BCUT2D eigenvalue weighted by Gasteiger charge is 2.13. The zero-order valence-corrected chi connectivity index (χ0v) is 15.8. The predicted octanol–water partition coefficient (Wildman–Crippen LogP) is 2.29. The van der Waals surface area contributed by atoms with E-state index in [1.165, 1.54) is 19.4 Å². The lowest BCUT2D eigenvalue weighted by atomic mass is 10.2. The Balaban J connectivity index is 2.11. The number of anilines is 1. The Labute approximate surface area is 162 Å². The minimum atomic E-state index is -0.818. The summed E-state index contributed by atoms with van der Waals surface area (Å²) in [6, 6.07) is 9.47. The number of nitro groups is 1. The summed E-state index contributed by atoms with van der Waals surface area (Å²) in [6.45, 7) is 5.84. The Hall–Kier alpha value is -3.62. The van der Waals surface area contributed by atoms with Crippen LogP contribution >= 0.6 is 0 Å². The quantitative estimate of drug-likeness (QED) is 0.423. The summed E-state index contributed by atoms with van der Waals surface area (Å²) in [6.07, 6.45) is 1.21. The molecular formula is C19H21N4O5-. The van der Waals surface area contributed by atoms with Gasteiger partial charge in [-0.2, -0.15) is 5.10 Å². The van der Waals surface area contributed by atoms with E-state index in [9.17, 15) is 20.0 Å². The first-order valence-corrected chi connectivity index (χ1v) is 8.63. The van der Waals surface area contributed by atoms with Crippen molar-refractivity contribution in [3.8, 4) is 11.5 Å². The number of nitrogens with zero attached hydrogens (tertiary/aromatic N) is 3. The summed E-state index contributed by atoms with van der Waals surface area (Å²) in [5.41, 5.74) is 3.42. The van der Waals surface area contributed by atoms with Crippen LogP contribution in [0, 0.1) is 10.1 Å². The molecule has 0 unspecified atom stereocenters. The lowest BCUT2D eigenvalue weighted by Crippen LogP contribution is -2.22. The molecule has 0 atom stereocenters. The highest BCUT2D eigenvalue weighted by molar-refractivity contribution is 5.95. The van der Waals surface area contributed by atoms with Crippen LogP contribution in [-0.2, 0) is 0 Å². The average Bonchev–Trinajstić information content (AvgIpc) is 2.70. The Morgan fingerprint density at radius 2 is 1.89 bits per heavy atom. The number of benzene rings is 2. The van der Waals surface area contributed by atoms with E-state index in [4.69, 9.17) is 4.74 Å². The number of rotatable bonds is 8. The van der Waals surface area contributed by atoms with Crippen LogP contribution in [-0.4, -0.2) is 37.2 Å². The number of hydrazone groups is 1. The Morgan fingerprint density at radius 3 is 2.43 bits per heavy atom. The number of hydrogen-bond acceptors (Lipinski definition) is 7. The van der Waals surface area contributed by atoms with E-state index in [0.717, 1.165) is 24.8 Å². The molecule has 1 amide bonds. The van der Waals surface area contributed by atoms with Gasteiger partial charge in [0.1, 0.15) is 5.75 Å². The molecule has 0 saturated carbocycles. The van der Waals surface area contributed by atoms with E-state index >= 15 is 0 Å². The van der Waals surface area contributed by atoms with Gasteiger partial charge in [-0.3, -0.25) is 14.9 Å². The van der Waals surface area contributed by atoms with E-state index in [1.807, 2.05) is 12.1 Å². The van der Waals surface area contributed by atoms with Gasteiger partial charge >= 0.3 is 0 Å². The summed E-state index contributed by atoms with van der Waals surface area (Å²) < 4.78 is 4.85. The summed E-state index contributed by atoms with van der Waals surface area (Å²) in [7, 11) is 1.24. The van der Waals surface area contributed by atoms with E-state index in [0.29, 0.717) is 5.56 Å². The lowest BCUT2D eigenvalue weighted by molar-refractivity contribution is -0.398. The molecule has 1 N–H and O–H groups in total. The van der Waals surface area contributed by atoms with Crippen LogP contribution in [0.1, 0.15) is 29.8 Å². The Kier molecular flexibility index (Phi) is 6.91. The molecule has 0 heterocycles. The van der Waals surface area contributed by atoms with Crippen LogP contribution in [0.2, 0.25) is 0 Å². The Morgan fingerprint density at radius 1 is 1.25 bits per heavy atom. The SMILES string of the molecule is CCN(CC)c1ccc(C(=O)N/N=C\c2cc(OC)c([O-])c([N+](=O)[O-])c2)cc1. The molecule has 9 heteroatoms. The number of methoxy groups -OCH3 is 1. The maximum Gasteiger partial charge on any atom is 0.271 e. The van der Waals surface area contributed by atoms with Crippen molar-refractivity contribution in [1.29, 1.82) is 0 Å². The molecule has 0 saturated heterocycles. The number of nitro benzene ring substituents is 1. The molecule has 28 heavy (non-hydrogen) atoms. The van der Waals surface area contributed by atoms with Gasteiger partial charge in [-0.05, 0) is 44.2 Å². The molecule has 0 spiro atoms. The zero-order valence-electron chi connectivity index (χ0n) is 15.8. The molecule has 2 aromatic carbocycles. The molecule has 2 rings (SSSR count). The molecule has 2 aromatic rings. The molecular weight excluding hydrogens is 364 g/mol. The Bertz CT molecular complexity index is 877. The molecule has 0 aliphatic heterocycles. The van der Waals surface area contributed by atoms with Gasteiger partial charge in [0.05, 0.1) is 18.2 Å². The maximum absolute atomic E-state index is 12.2. The van der Waals surface area contributed by atoms with Gasteiger partial charge < -0.3 is 14.7 Å². The minimum absolute atomic E-state index is 0.172. The molecule has 0 radical (unpaired) electrons. The van der Waals surface area contributed by atoms with Gasteiger partial charge in [0.15, 0.2) is 0 Å². The van der Waals surface area contributed by atoms with Gasteiger partial charge in [0, 0.05) is 41.7 Å². The van der Waals surface area contributed by atoms with Gasteiger partial charge in [-0.15, -0.1) is 0 Å². The van der Waals surface area contributed by atoms with Gasteiger partial charge in [0.25, 0.3) is 11.6 Å². The number of carbonyl (C=O) groups is 1. The van der Waals surface area contributed by atoms with Crippen molar-refractivity contribution in [2.24, 2.45) is 5.10 Å². The van der Waals surface area contributed by atoms with Crippen LogP contribution in [0.4, 0.5) is 11.4 Å². The molecule has 0 bridgehead atoms. The zero-order chi connectivity index (χ0) is 20.7. The van der Waals surface area contributed by atoms with E-state index in [-0.39, 0.29) is 11.3 Å². The van der Waals surface area contributed by atoms with Crippen LogP contribution in [0.3, 0.4) is 0 Å². The second-order valence-electron chi connectivity index (χ2n) is 5.75. The summed E-state index contributed by atoms with van der Waals surface area (Å²) in [5, 5.41) is 26.6. The molecule has 148 valence electrons. The standard InChI is InChI=1S/C19H22N4O5/c1-4-22(5-2)15-8-6-14(7-9-15)19(25)21-20-12-13-10-16(23(26)27)18(24)17(11-13)28-3/h6-12,24H,4-5H2,1-3H3,(H,21,25)/p-1/b20-12-. The van der Waals surface area contributed by atoms with Crippen molar-refractivity contribution >= 4 is 23.5 Å². The van der Waals surface area contributed by atoms with Crippen LogP contribution in [0.15, 0.2) is 41.5 Å². The first-order chi connectivity index (χ1) is 13.4. The maximum atomic E-state index is 12.2. The summed E-state index contributed by atoms with van der Waals surface area (Å²) >= 11 is 0. The van der Waals surface area contributed by atoms with Crippen molar-refractivity contribution in [2.75, 3.05) is 25.1 Å². The highest BCUT2D eigenvalue weighted by atomic mass is 16.6. The van der Waals surface area contributed by atoms with Crippen LogP contribution in [0.25, 0.3) is 0 Å². The fourth-order valence-corrected chi connectivity index (χ4v) is 2.61. The first kappa shape index (κ1) is 20.7. The molecule has 0 aromatic heterocycles. The number of ether oxygens (including phenoxy) is 1. The van der Waals surface area contributed by atoms with E-state index in [1.54, 1.807) is 12.1 Å². The third-order valence-electron chi connectivity index (χ3n) is 4.11. The third kappa shape index (κ3) is 4.76. The van der Waals surface area contributed by atoms with Crippen molar-refractivity contribution in [1.82, 2.24) is 5.43 Å². The molecule has 0 fully saturated rings. The number of amides is 1. The number of nitrogens with one attached hydrogen (secondary N) is 1. The van der Waals surface area contributed by atoms with Gasteiger partial charge in [-0.25, -0.2) is 5.43 Å². The largest absolute Gasteiger partial charge is 0.865 e. The molecule has 0 aliphatic carbocycles. The highest BCUT2D eigenvalue weighted by Crippen LogP contribution is 2.33. The first-order valence-electron chi connectivity index (χ1n) is 8.63. The predicted molar refractivity (Wildman–Crippen MR) is 104 cm³/mol. The summed E-state index contributed by atoms with van der Waals surface area (Å²) in [4.78, 5) is 24.5. The number of hydrogen-bond donors (Lipinski definition) is 1. The van der Waals surface area contributed by atoms with Crippen molar-refractivity contribution in [3.05, 3.63) is 57.6 Å². The average molecular weight is 385 g/mol. The lowest BCUT2D eigenvalue weighted by Gasteiger charge is -2.20. The van der Waals surface area contributed by atoms with Crippen LogP contribution in [0.5, 0.6) is 11.5 Å². The fourth-order valence-electron chi connectivity index (χ4n) is 2.61. The number of carbonyl (C=O) groups excluding carboxylic acids is 1. The monoisotopic (exact) mass is 385 g/mol. The second kappa shape index (κ2) is 9.36. The normalized spacial score (nSPS) is 10.7. The third-order valence-corrected chi connectivity index (χ3v) is 4.11. The molecule has 0 aliphatic rings. The minimum Gasteiger partial charge on any atom is -0.865 e.